The predicted octanol–water partition coefficient (Wildman–Crippen LogP) is 2.15. The number of aromatic nitrogens is 1. The van der Waals surface area contributed by atoms with Crippen molar-refractivity contribution in [3.05, 3.63) is 51.0 Å². The minimum atomic E-state index is -0.388. The summed E-state index contributed by atoms with van der Waals surface area (Å²) in [4.78, 5) is 15.5. The summed E-state index contributed by atoms with van der Waals surface area (Å²) >= 11 is 1.66. The monoisotopic (exact) mass is 275 g/mol. The van der Waals surface area contributed by atoms with Gasteiger partial charge < -0.3 is 11.1 Å². The summed E-state index contributed by atoms with van der Waals surface area (Å²) in [5.41, 5.74) is 9.10. The Hall–Kier alpha value is -1.72. The Bertz CT molecular complexity index is 592. The van der Waals surface area contributed by atoms with Crippen molar-refractivity contribution in [2.45, 2.75) is 26.9 Å². The van der Waals surface area contributed by atoms with Crippen molar-refractivity contribution in [2.75, 3.05) is 0 Å². The Morgan fingerprint density at radius 1 is 1.37 bits per heavy atom. The fraction of sp³-hybridized carbons (Fsp3) is 0.286. The smallest absolute Gasteiger partial charge is 0.248 e. The van der Waals surface area contributed by atoms with Gasteiger partial charge in [0, 0.05) is 29.7 Å². The zero-order valence-electron chi connectivity index (χ0n) is 11.1. The zero-order valence-corrected chi connectivity index (χ0v) is 11.9. The molecular formula is C14H17N3OS. The van der Waals surface area contributed by atoms with E-state index in [9.17, 15) is 4.79 Å². The van der Waals surface area contributed by atoms with Crippen LogP contribution in [0.4, 0.5) is 0 Å². The van der Waals surface area contributed by atoms with Crippen molar-refractivity contribution in [2.24, 2.45) is 5.73 Å². The Labute approximate surface area is 116 Å². The van der Waals surface area contributed by atoms with E-state index in [2.05, 4.69) is 10.3 Å². The van der Waals surface area contributed by atoms with Crippen molar-refractivity contribution in [1.29, 1.82) is 0 Å². The highest BCUT2D eigenvalue weighted by molar-refractivity contribution is 7.09. The van der Waals surface area contributed by atoms with Gasteiger partial charge in [0.25, 0.3) is 0 Å². The first-order valence-corrected chi connectivity index (χ1v) is 6.95. The number of hydrogen-bond acceptors (Lipinski definition) is 4. The van der Waals surface area contributed by atoms with E-state index in [1.54, 1.807) is 17.4 Å². The van der Waals surface area contributed by atoms with Crippen LogP contribution in [0, 0.1) is 13.8 Å². The molecule has 5 heteroatoms. The van der Waals surface area contributed by atoms with Gasteiger partial charge in [0.05, 0.1) is 0 Å². The number of nitrogens with one attached hydrogen (secondary N) is 1. The molecule has 19 heavy (non-hydrogen) atoms. The maximum Gasteiger partial charge on any atom is 0.248 e. The lowest BCUT2D eigenvalue weighted by Crippen LogP contribution is -2.15. The van der Waals surface area contributed by atoms with Gasteiger partial charge in [-0.05, 0) is 37.1 Å². The average Bonchev–Trinajstić information content (AvgIpc) is 2.77. The van der Waals surface area contributed by atoms with E-state index in [-0.39, 0.29) is 5.91 Å². The number of aryl methyl sites for hydroxylation is 2. The lowest BCUT2D eigenvalue weighted by molar-refractivity contribution is 0.1000. The average molecular weight is 275 g/mol. The lowest BCUT2D eigenvalue weighted by atomic mass is 10.0. The van der Waals surface area contributed by atoms with E-state index in [1.165, 1.54) is 5.56 Å². The topological polar surface area (TPSA) is 68.0 Å². The van der Waals surface area contributed by atoms with Crippen LogP contribution in [0.25, 0.3) is 0 Å². The van der Waals surface area contributed by atoms with Crippen LogP contribution in [-0.2, 0) is 13.1 Å². The normalized spacial score (nSPS) is 10.6. The van der Waals surface area contributed by atoms with Crippen LogP contribution < -0.4 is 11.1 Å². The van der Waals surface area contributed by atoms with Gasteiger partial charge in [-0.1, -0.05) is 6.07 Å². The van der Waals surface area contributed by atoms with E-state index in [4.69, 9.17) is 5.73 Å². The Balaban J connectivity index is 1.94. The van der Waals surface area contributed by atoms with Gasteiger partial charge in [0.15, 0.2) is 0 Å². The summed E-state index contributed by atoms with van der Waals surface area (Å²) < 4.78 is 0. The summed E-state index contributed by atoms with van der Waals surface area (Å²) in [7, 11) is 0. The fourth-order valence-corrected chi connectivity index (χ4v) is 2.58. The van der Waals surface area contributed by atoms with Gasteiger partial charge in [-0.15, -0.1) is 11.3 Å². The van der Waals surface area contributed by atoms with Crippen LogP contribution in [0.1, 0.15) is 32.2 Å². The molecule has 1 aromatic carbocycles. The van der Waals surface area contributed by atoms with Gasteiger partial charge in [-0.2, -0.15) is 0 Å². The maximum absolute atomic E-state index is 11.1. The molecule has 0 unspecified atom stereocenters. The number of primary amides is 1. The first-order chi connectivity index (χ1) is 9.06. The standard InChI is InChI=1S/C14H17N3OS/c1-9-5-11(14(15)18)3-4-12(9)6-16-7-13-17-10(2)8-19-13/h3-5,8,16H,6-7H2,1-2H3,(H2,15,18). The van der Waals surface area contributed by atoms with E-state index in [1.807, 2.05) is 31.4 Å². The highest BCUT2D eigenvalue weighted by Gasteiger charge is 2.04. The van der Waals surface area contributed by atoms with Crippen molar-refractivity contribution >= 4 is 17.2 Å². The van der Waals surface area contributed by atoms with Gasteiger partial charge in [-0.25, -0.2) is 4.98 Å². The number of carbonyl (C=O) groups is 1. The summed E-state index contributed by atoms with van der Waals surface area (Å²) in [6.45, 7) is 5.49. The largest absolute Gasteiger partial charge is 0.366 e. The Kier molecular flexibility index (Phi) is 4.29. The molecule has 1 heterocycles. The highest BCUT2D eigenvalue weighted by Crippen LogP contribution is 2.12. The first kappa shape index (κ1) is 13.7. The van der Waals surface area contributed by atoms with Crippen LogP contribution in [-0.4, -0.2) is 10.9 Å². The number of rotatable bonds is 5. The van der Waals surface area contributed by atoms with Crippen LogP contribution in [0.5, 0.6) is 0 Å². The second-order valence-corrected chi connectivity index (χ2v) is 5.43. The van der Waals surface area contributed by atoms with E-state index < -0.39 is 0 Å². The highest BCUT2D eigenvalue weighted by atomic mass is 32.1. The number of thiazole rings is 1. The van der Waals surface area contributed by atoms with Crippen LogP contribution >= 0.6 is 11.3 Å². The van der Waals surface area contributed by atoms with E-state index in [0.29, 0.717) is 5.56 Å². The predicted molar refractivity (Wildman–Crippen MR) is 77.1 cm³/mol. The van der Waals surface area contributed by atoms with Gasteiger partial charge in [0.2, 0.25) is 5.91 Å². The molecule has 0 fully saturated rings. The third-order valence-electron chi connectivity index (χ3n) is 2.89. The molecule has 0 saturated heterocycles. The molecule has 0 aliphatic heterocycles. The molecule has 1 aromatic heterocycles. The molecule has 0 spiro atoms. The van der Waals surface area contributed by atoms with E-state index in [0.717, 1.165) is 29.4 Å². The third kappa shape index (κ3) is 3.62. The molecule has 4 nitrogen and oxygen atoms in total. The number of hydrogen-bond donors (Lipinski definition) is 2. The molecule has 100 valence electrons. The van der Waals surface area contributed by atoms with Gasteiger partial charge in [0.1, 0.15) is 5.01 Å². The first-order valence-electron chi connectivity index (χ1n) is 6.07. The number of carbonyl (C=O) groups excluding carboxylic acids is 1. The summed E-state index contributed by atoms with van der Waals surface area (Å²) in [5, 5.41) is 6.49. The summed E-state index contributed by atoms with van der Waals surface area (Å²) in [5.74, 6) is -0.388. The molecule has 0 atom stereocenters. The second kappa shape index (κ2) is 5.95. The minimum absolute atomic E-state index is 0.388. The molecule has 0 bridgehead atoms. The van der Waals surface area contributed by atoms with Gasteiger partial charge >= 0.3 is 0 Å². The fourth-order valence-electron chi connectivity index (χ4n) is 1.84. The Morgan fingerprint density at radius 3 is 2.74 bits per heavy atom. The molecule has 0 aliphatic rings. The molecule has 3 N–H and O–H groups in total. The molecule has 0 saturated carbocycles. The number of nitrogens with zero attached hydrogens (tertiary/aromatic N) is 1. The quantitative estimate of drug-likeness (QED) is 0.878. The second-order valence-electron chi connectivity index (χ2n) is 4.49. The number of nitrogens with two attached hydrogens (primary N) is 1. The van der Waals surface area contributed by atoms with Crippen molar-refractivity contribution in [3.63, 3.8) is 0 Å². The van der Waals surface area contributed by atoms with Crippen molar-refractivity contribution < 1.29 is 4.79 Å². The van der Waals surface area contributed by atoms with Gasteiger partial charge in [-0.3, -0.25) is 4.79 Å². The van der Waals surface area contributed by atoms with Crippen LogP contribution in [0.15, 0.2) is 23.6 Å². The van der Waals surface area contributed by atoms with Crippen LogP contribution in [0.3, 0.4) is 0 Å². The van der Waals surface area contributed by atoms with Crippen molar-refractivity contribution in [1.82, 2.24) is 10.3 Å². The molecule has 2 aromatic rings. The zero-order chi connectivity index (χ0) is 13.8. The number of benzene rings is 1. The summed E-state index contributed by atoms with van der Waals surface area (Å²) in [6.07, 6.45) is 0. The molecular weight excluding hydrogens is 258 g/mol. The van der Waals surface area contributed by atoms with Crippen LogP contribution in [0.2, 0.25) is 0 Å². The Morgan fingerprint density at radius 2 is 2.16 bits per heavy atom. The molecule has 2 rings (SSSR count). The SMILES string of the molecule is Cc1csc(CNCc2ccc(C(N)=O)cc2C)n1. The van der Waals surface area contributed by atoms with Crippen molar-refractivity contribution in [3.8, 4) is 0 Å². The number of amides is 1. The summed E-state index contributed by atoms with van der Waals surface area (Å²) in [6, 6.07) is 5.53. The molecule has 1 amide bonds. The molecule has 0 radical (unpaired) electrons. The molecule has 0 aliphatic carbocycles. The third-order valence-corrected chi connectivity index (χ3v) is 3.85. The maximum atomic E-state index is 11.1. The van der Waals surface area contributed by atoms with E-state index >= 15 is 0 Å². The minimum Gasteiger partial charge on any atom is -0.366 e. The lowest BCUT2D eigenvalue weighted by Gasteiger charge is -2.08.